The van der Waals surface area contributed by atoms with Crippen molar-refractivity contribution >= 4 is 35.3 Å². The number of nitrogens with zero attached hydrogens (tertiary/aromatic N) is 2. The maximum absolute atomic E-state index is 10.3. The topological polar surface area (TPSA) is 77.3 Å². The Labute approximate surface area is 194 Å². The molecule has 4 aromatic rings. The Bertz CT molecular complexity index is 1200. The number of rotatable bonds is 8. The van der Waals surface area contributed by atoms with Crippen molar-refractivity contribution in [3.8, 4) is 23.0 Å². The van der Waals surface area contributed by atoms with E-state index in [1.54, 1.807) is 60.3 Å². The number of aliphatic imine (C=N–C) groups is 2. The first kappa shape index (κ1) is 21.8. The van der Waals surface area contributed by atoms with Crippen LogP contribution in [0.4, 0.5) is 11.4 Å². The summed E-state index contributed by atoms with van der Waals surface area (Å²) in [5.74, 6) is 2.73. The lowest BCUT2D eigenvalue weighted by Gasteiger charge is -2.08. The summed E-state index contributed by atoms with van der Waals surface area (Å²) in [7, 11) is 0. The fraction of sp³-hybridized carbons (Fsp3) is 0. The average Bonchev–Trinajstić information content (AvgIpc) is 2.84. The van der Waals surface area contributed by atoms with E-state index in [1.165, 1.54) is 12.2 Å². The zero-order valence-electron chi connectivity index (χ0n) is 17.2. The predicted octanol–water partition coefficient (Wildman–Crippen LogP) is 7.36. The first-order valence-electron chi connectivity index (χ1n) is 9.81. The summed E-state index contributed by atoms with van der Waals surface area (Å²) >= 11 is 1.62. The molecule has 0 unspecified atom stereocenters. The molecule has 0 fully saturated rings. The molecule has 33 heavy (non-hydrogen) atoms. The molecule has 0 aliphatic rings. The van der Waals surface area contributed by atoms with E-state index in [1.807, 2.05) is 48.5 Å². The van der Waals surface area contributed by atoms with Crippen LogP contribution in [0.25, 0.3) is 0 Å². The van der Waals surface area contributed by atoms with Crippen molar-refractivity contribution in [2.24, 2.45) is 9.98 Å². The standard InChI is InChI=1S/C26H16N2O4S/c29-17-27-19-1-5-21(6-2-19)31-23-9-13-25(14-10-23)33-26-15-11-24(12-16-26)32-22-7-3-20(4-8-22)28-18-30/h1-16H. The number of hydrogen-bond donors (Lipinski definition) is 0. The molecule has 0 aliphatic carbocycles. The molecule has 4 rings (SSSR count). The number of ether oxygens (including phenoxy) is 2. The van der Waals surface area contributed by atoms with Crippen LogP contribution < -0.4 is 9.47 Å². The largest absolute Gasteiger partial charge is 0.457 e. The Balaban J connectivity index is 1.34. The summed E-state index contributed by atoms with van der Waals surface area (Å²) < 4.78 is 11.6. The number of hydrogen-bond acceptors (Lipinski definition) is 7. The molecule has 0 spiro atoms. The van der Waals surface area contributed by atoms with Crippen molar-refractivity contribution in [2.75, 3.05) is 0 Å². The Kier molecular flexibility index (Phi) is 7.11. The third kappa shape index (κ3) is 6.29. The molecule has 4 aromatic carbocycles. The van der Waals surface area contributed by atoms with Crippen LogP contribution in [0.2, 0.25) is 0 Å². The van der Waals surface area contributed by atoms with Crippen LogP contribution in [-0.4, -0.2) is 12.2 Å². The van der Waals surface area contributed by atoms with Gasteiger partial charge in [-0.25, -0.2) is 9.59 Å². The van der Waals surface area contributed by atoms with Gasteiger partial charge in [0.05, 0.1) is 11.4 Å². The van der Waals surface area contributed by atoms with E-state index in [2.05, 4.69) is 9.98 Å². The number of carbonyl (C=O) groups excluding carboxylic acids is 2. The molecule has 0 bridgehead atoms. The van der Waals surface area contributed by atoms with Gasteiger partial charge in [-0.1, -0.05) is 11.8 Å². The van der Waals surface area contributed by atoms with Crippen LogP contribution in [0, 0.1) is 0 Å². The molecule has 0 aromatic heterocycles. The smallest absolute Gasteiger partial charge is 0.240 e. The second-order valence-electron chi connectivity index (χ2n) is 6.64. The quantitative estimate of drug-likeness (QED) is 0.206. The van der Waals surface area contributed by atoms with Crippen LogP contribution in [-0.2, 0) is 9.59 Å². The zero-order valence-corrected chi connectivity index (χ0v) is 18.0. The lowest BCUT2D eigenvalue weighted by atomic mass is 10.3. The fourth-order valence-corrected chi connectivity index (χ4v) is 3.66. The molecule has 0 saturated heterocycles. The highest BCUT2D eigenvalue weighted by atomic mass is 32.2. The predicted molar refractivity (Wildman–Crippen MR) is 126 cm³/mol. The minimum Gasteiger partial charge on any atom is -0.457 e. The van der Waals surface area contributed by atoms with Crippen molar-refractivity contribution in [1.82, 2.24) is 0 Å². The molecular weight excluding hydrogens is 436 g/mol. The van der Waals surface area contributed by atoms with Gasteiger partial charge in [-0.3, -0.25) is 0 Å². The van der Waals surface area contributed by atoms with Crippen molar-refractivity contribution in [3.05, 3.63) is 97.1 Å². The molecule has 7 heteroatoms. The maximum atomic E-state index is 10.3. The van der Waals surface area contributed by atoms with E-state index in [-0.39, 0.29) is 0 Å². The van der Waals surface area contributed by atoms with Crippen LogP contribution >= 0.6 is 11.8 Å². The molecule has 0 amide bonds. The number of isocyanates is 2. The second kappa shape index (κ2) is 10.8. The molecule has 0 saturated carbocycles. The van der Waals surface area contributed by atoms with Gasteiger partial charge in [0, 0.05) is 9.79 Å². The van der Waals surface area contributed by atoms with Crippen molar-refractivity contribution < 1.29 is 19.1 Å². The summed E-state index contributed by atoms with van der Waals surface area (Å²) in [6, 6.07) is 29.3. The third-order valence-electron chi connectivity index (χ3n) is 4.38. The third-order valence-corrected chi connectivity index (χ3v) is 5.39. The molecule has 6 nitrogen and oxygen atoms in total. The first-order chi connectivity index (χ1) is 16.2. The Morgan fingerprint density at radius 2 is 0.788 bits per heavy atom. The fourth-order valence-electron chi connectivity index (χ4n) is 2.84. The summed E-state index contributed by atoms with van der Waals surface area (Å²) in [6.45, 7) is 0. The number of benzene rings is 4. The van der Waals surface area contributed by atoms with E-state index in [4.69, 9.17) is 9.47 Å². The van der Waals surface area contributed by atoms with E-state index < -0.39 is 0 Å². The van der Waals surface area contributed by atoms with E-state index >= 15 is 0 Å². The maximum Gasteiger partial charge on any atom is 0.240 e. The summed E-state index contributed by atoms with van der Waals surface area (Å²) in [5.41, 5.74) is 1.06. The summed E-state index contributed by atoms with van der Waals surface area (Å²) in [6.07, 6.45) is 3.02. The Morgan fingerprint density at radius 1 is 0.485 bits per heavy atom. The van der Waals surface area contributed by atoms with E-state index in [9.17, 15) is 9.59 Å². The lowest BCUT2D eigenvalue weighted by Crippen LogP contribution is -1.84. The van der Waals surface area contributed by atoms with Gasteiger partial charge in [-0.15, -0.1) is 0 Å². The minimum absolute atomic E-state index is 0.530. The van der Waals surface area contributed by atoms with Gasteiger partial charge < -0.3 is 9.47 Å². The van der Waals surface area contributed by atoms with E-state index in [0.29, 0.717) is 34.4 Å². The second-order valence-corrected chi connectivity index (χ2v) is 7.79. The molecular formula is C26H16N2O4S. The molecule has 0 aliphatic heterocycles. The van der Waals surface area contributed by atoms with Crippen molar-refractivity contribution in [2.45, 2.75) is 9.79 Å². The highest BCUT2D eigenvalue weighted by molar-refractivity contribution is 7.99. The molecule has 0 radical (unpaired) electrons. The van der Waals surface area contributed by atoms with Crippen molar-refractivity contribution in [1.29, 1.82) is 0 Å². The first-order valence-corrected chi connectivity index (χ1v) is 10.6. The van der Waals surface area contributed by atoms with Crippen LogP contribution in [0.3, 0.4) is 0 Å². The summed E-state index contributed by atoms with van der Waals surface area (Å²) in [4.78, 5) is 29.8. The van der Waals surface area contributed by atoms with Crippen molar-refractivity contribution in [3.63, 3.8) is 0 Å². The van der Waals surface area contributed by atoms with Gasteiger partial charge in [0.15, 0.2) is 0 Å². The SMILES string of the molecule is O=C=Nc1ccc(Oc2ccc(Sc3ccc(Oc4ccc(N=C=O)cc4)cc3)cc2)cc1. The van der Waals surface area contributed by atoms with Gasteiger partial charge in [-0.05, 0) is 97.1 Å². The average molecular weight is 452 g/mol. The summed E-state index contributed by atoms with van der Waals surface area (Å²) in [5, 5.41) is 0. The van der Waals surface area contributed by atoms with Gasteiger partial charge in [0.2, 0.25) is 12.2 Å². The van der Waals surface area contributed by atoms with Gasteiger partial charge in [0.25, 0.3) is 0 Å². The van der Waals surface area contributed by atoms with Gasteiger partial charge >= 0.3 is 0 Å². The normalized spacial score (nSPS) is 9.94. The molecule has 0 atom stereocenters. The molecule has 160 valence electrons. The zero-order chi connectivity index (χ0) is 22.9. The molecule has 0 heterocycles. The Hall–Kier alpha value is -4.41. The minimum atomic E-state index is 0.530. The van der Waals surface area contributed by atoms with E-state index in [0.717, 1.165) is 9.79 Å². The highest BCUT2D eigenvalue weighted by Crippen LogP contribution is 2.32. The van der Waals surface area contributed by atoms with Gasteiger partial charge in [-0.2, -0.15) is 9.98 Å². The van der Waals surface area contributed by atoms with Crippen LogP contribution in [0.1, 0.15) is 0 Å². The highest BCUT2D eigenvalue weighted by Gasteiger charge is 2.03. The van der Waals surface area contributed by atoms with Gasteiger partial charge in [0.1, 0.15) is 23.0 Å². The van der Waals surface area contributed by atoms with Crippen LogP contribution in [0.15, 0.2) is 117 Å². The Morgan fingerprint density at radius 3 is 1.09 bits per heavy atom. The monoisotopic (exact) mass is 452 g/mol. The lowest BCUT2D eigenvalue weighted by molar-refractivity contribution is 0.482. The van der Waals surface area contributed by atoms with Crippen LogP contribution in [0.5, 0.6) is 23.0 Å². The molecule has 0 N–H and O–H groups in total.